The Morgan fingerprint density at radius 3 is 2.47 bits per heavy atom. The van der Waals surface area contributed by atoms with Crippen LogP contribution in [0.2, 0.25) is 0 Å². The first-order valence-corrected chi connectivity index (χ1v) is 5.42. The quantitative estimate of drug-likeness (QED) is 0.618. The summed E-state index contributed by atoms with van der Waals surface area (Å²) in [6, 6.07) is 0. The van der Waals surface area contributed by atoms with E-state index in [0.29, 0.717) is 19.7 Å². The smallest absolute Gasteiger partial charge is 0.233 e. The van der Waals surface area contributed by atoms with Crippen molar-refractivity contribution in [3.63, 3.8) is 0 Å². The fourth-order valence-corrected chi connectivity index (χ4v) is 1.02. The molecule has 0 saturated carbocycles. The molecule has 0 rings (SSSR count). The topological polar surface area (TPSA) is 50.4 Å². The summed E-state index contributed by atoms with van der Waals surface area (Å²) in [5, 5.41) is 5.87. The normalized spacial score (nSPS) is 11.5. The molecule has 1 amide bonds. The Kier molecular flexibility index (Phi) is 7.34. The van der Waals surface area contributed by atoms with Crippen molar-refractivity contribution in [2.75, 3.05) is 33.4 Å². The molecule has 0 unspecified atom stereocenters. The second-order valence-corrected chi connectivity index (χ2v) is 4.83. The van der Waals surface area contributed by atoms with E-state index in [4.69, 9.17) is 4.74 Å². The number of hydrogen-bond donors (Lipinski definition) is 2. The monoisotopic (exact) mass is 216 g/mol. The number of amides is 1. The molecule has 15 heavy (non-hydrogen) atoms. The lowest BCUT2D eigenvalue weighted by molar-refractivity contribution is -0.120. The average Bonchev–Trinajstić information content (AvgIpc) is 2.10. The molecule has 90 valence electrons. The van der Waals surface area contributed by atoms with E-state index in [1.165, 1.54) is 0 Å². The van der Waals surface area contributed by atoms with E-state index in [9.17, 15) is 4.79 Å². The van der Waals surface area contributed by atoms with E-state index < -0.39 is 0 Å². The van der Waals surface area contributed by atoms with Gasteiger partial charge < -0.3 is 15.4 Å². The van der Waals surface area contributed by atoms with Crippen molar-refractivity contribution < 1.29 is 9.53 Å². The van der Waals surface area contributed by atoms with Crippen molar-refractivity contribution in [3.05, 3.63) is 0 Å². The summed E-state index contributed by atoms with van der Waals surface area (Å²) < 4.78 is 4.86. The molecule has 0 saturated heterocycles. The molecule has 0 spiro atoms. The minimum atomic E-state index is 0.0513. The van der Waals surface area contributed by atoms with Crippen LogP contribution in [0, 0.1) is 5.41 Å². The van der Waals surface area contributed by atoms with Gasteiger partial charge in [0.1, 0.15) is 0 Å². The molecular formula is C11H24N2O2. The van der Waals surface area contributed by atoms with E-state index in [-0.39, 0.29) is 11.3 Å². The molecule has 0 aliphatic heterocycles. The molecular weight excluding hydrogens is 192 g/mol. The van der Waals surface area contributed by atoms with Gasteiger partial charge in [-0.05, 0) is 11.8 Å². The summed E-state index contributed by atoms with van der Waals surface area (Å²) >= 11 is 0. The lowest BCUT2D eigenvalue weighted by Gasteiger charge is -2.18. The number of methoxy groups -OCH3 is 1. The molecule has 0 aliphatic carbocycles. The number of carbonyl (C=O) groups is 1. The predicted molar refractivity (Wildman–Crippen MR) is 61.8 cm³/mol. The molecule has 0 radical (unpaired) electrons. The maximum Gasteiger partial charge on any atom is 0.233 e. The van der Waals surface area contributed by atoms with Crippen molar-refractivity contribution >= 4 is 5.91 Å². The molecule has 2 N–H and O–H groups in total. The summed E-state index contributed by atoms with van der Waals surface area (Å²) in [7, 11) is 1.64. The van der Waals surface area contributed by atoms with Gasteiger partial charge in [0, 0.05) is 20.2 Å². The molecule has 0 aromatic heterocycles. The van der Waals surface area contributed by atoms with Gasteiger partial charge in [0.2, 0.25) is 5.91 Å². The summed E-state index contributed by atoms with van der Waals surface area (Å²) in [6.45, 7) is 8.95. The van der Waals surface area contributed by atoms with Crippen LogP contribution in [0.15, 0.2) is 0 Å². The van der Waals surface area contributed by atoms with E-state index in [0.717, 1.165) is 13.0 Å². The van der Waals surface area contributed by atoms with E-state index >= 15 is 0 Å². The molecule has 0 heterocycles. The standard InChI is InChI=1S/C11H24N2O2/c1-11(2,3)5-6-13-10(14)9-12-7-8-15-4/h12H,5-9H2,1-4H3,(H,13,14). The van der Waals surface area contributed by atoms with Crippen LogP contribution in [-0.2, 0) is 9.53 Å². The first-order valence-electron chi connectivity index (χ1n) is 5.42. The lowest BCUT2D eigenvalue weighted by Crippen LogP contribution is -2.36. The Bertz CT molecular complexity index is 176. The van der Waals surface area contributed by atoms with Gasteiger partial charge >= 0.3 is 0 Å². The van der Waals surface area contributed by atoms with Crippen molar-refractivity contribution in [2.24, 2.45) is 5.41 Å². The second kappa shape index (κ2) is 7.65. The van der Waals surface area contributed by atoms with Gasteiger partial charge in [-0.3, -0.25) is 4.79 Å². The molecule has 0 atom stereocenters. The van der Waals surface area contributed by atoms with Crippen LogP contribution in [0.4, 0.5) is 0 Å². The summed E-state index contributed by atoms with van der Waals surface area (Å²) in [5.41, 5.74) is 0.275. The van der Waals surface area contributed by atoms with Crippen LogP contribution in [-0.4, -0.2) is 39.3 Å². The maximum atomic E-state index is 11.3. The Morgan fingerprint density at radius 1 is 1.27 bits per heavy atom. The number of nitrogens with one attached hydrogen (secondary N) is 2. The van der Waals surface area contributed by atoms with Crippen molar-refractivity contribution in [1.29, 1.82) is 0 Å². The number of ether oxygens (including phenoxy) is 1. The third-order valence-corrected chi connectivity index (χ3v) is 1.97. The van der Waals surface area contributed by atoms with E-state index in [1.807, 2.05) is 0 Å². The molecule has 0 aliphatic rings. The minimum Gasteiger partial charge on any atom is -0.383 e. The van der Waals surface area contributed by atoms with Crippen molar-refractivity contribution in [1.82, 2.24) is 10.6 Å². The highest BCUT2D eigenvalue weighted by molar-refractivity contribution is 5.77. The average molecular weight is 216 g/mol. The van der Waals surface area contributed by atoms with Gasteiger partial charge in [-0.2, -0.15) is 0 Å². The molecule has 0 aromatic rings. The van der Waals surface area contributed by atoms with Crippen LogP contribution < -0.4 is 10.6 Å². The molecule has 4 heteroatoms. The van der Waals surface area contributed by atoms with Crippen LogP contribution in [0.3, 0.4) is 0 Å². The zero-order valence-electron chi connectivity index (χ0n) is 10.4. The third-order valence-electron chi connectivity index (χ3n) is 1.97. The van der Waals surface area contributed by atoms with Crippen LogP contribution in [0.1, 0.15) is 27.2 Å². The first-order chi connectivity index (χ1) is 6.95. The van der Waals surface area contributed by atoms with Gasteiger partial charge in [-0.1, -0.05) is 20.8 Å². The number of carbonyl (C=O) groups excluding carboxylic acids is 1. The highest BCUT2D eigenvalue weighted by atomic mass is 16.5. The van der Waals surface area contributed by atoms with Gasteiger partial charge in [0.25, 0.3) is 0 Å². The molecule has 0 aromatic carbocycles. The number of hydrogen-bond acceptors (Lipinski definition) is 3. The molecule has 4 nitrogen and oxygen atoms in total. The Hall–Kier alpha value is -0.610. The Morgan fingerprint density at radius 2 is 1.93 bits per heavy atom. The SMILES string of the molecule is COCCNCC(=O)NCCC(C)(C)C. The van der Waals surface area contributed by atoms with Crippen LogP contribution in [0.25, 0.3) is 0 Å². The van der Waals surface area contributed by atoms with Gasteiger partial charge in [-0.15, -0.1) is 0 Å². The minimum absolute atomic E-state index is 0.0513. The highest BCUT2D eigenvalue weighted by Gasteiger charge is 2.09. The van der Waals surface area contributed by atoms with Crippen LogP contribution >= 0.6 is 0 Å². The lowest BCUT2D eigenvalue weighted by atomic mass is 9.92. The predicted octanol–water partition coefficient (Wildman–Crippen LogP) is 0.775. The molecule has 0 fully saturated rings. The van der Waals surface area contributed by atoms with Crippen LogP contribution in [0.5, 0.6) is 0 Å². The second-order valence-electron chi connectivity index (χ2n) is 4.83. The Balaban J connectivity index is 3.34. The Labute approximate surface area is 92.8 Å². The highest BCUT2D eigenvalue weighted by Crippen LogP contribution is 2.16. The number of rotatable bonds is 7. The zero-order valence-corrected chi connectivity index (χ0v) is 10.4. The maximum absolute atomic E-state index is 11.3. The first kappa shape index (κ1) is 14.4. The zero-order chi connectivity index (χ0) is 11.7. The van der Waals surface area contributed by atoms with Gasteiger partial charge in [-0.25, -0.2) is 0 Å². The van der Waals surface area contributed by atoms with E-state index in [2.05, 4.69) is 31.4 Å². The van der Waals surface area contributed by atoms with Gasteiger partial charge in [0.15, 0.2) is 0 Å². The summed E-state index contributed by atoms with van der Waals surface area (Å²) in [5.74, 6) is 0.0513. The fraction of sp³-hybridized carbons (Fsp3) is 0.909. The molecule has 0 bridgehead atoms. The largest absolute Gasteiger partial charge is 0.383 e. The van der Waals surface area contributed by atoms with E-state index in [1.54, 1.807) is 7.11 Å². The fourth-order valence-electron chi connectivity index (χ4n) is 1.02. The van der Waals surface area contributed by atoms with Gasteiger partial charge in [0.05, 0.1) is 13.2 Å². The third kappa shape index (κ3) is 11.3. The van der Waals surface area contributed by atoms with Crippen molar-refractivity contribution in [3.8, 4) is 0 Å². The summed E-state index contributed by atoms with van der Waals surface area (Å²) in [6.07, 6.45) is 0.997. The summed E-state index contributed by atoms with van der Waals surface area (Å²) in [4.78, 5) is 11.3. The van der Waals surface area contributed by atoms with Crippen molar-refractivity contribution in [2.45, 2.75) is 27.2 Å².